The van der Waals surface area contributed by atoms with Gasteiger partial charge in [0.1, 0.15) is 0 Å². The average molecular weight is 203 g/mol. The molecule has 4 heteroatoms. The van der Waals surface area contributed by atoms with Gasteiger partial charge in [-0.15, -0.1) is 0 Å². The van der Waals surface area contributed by atoms with E-state index in [1.54, 1.807) is 11.4 Å². The van der Waals surface area contributed by atoms with E-state index >= 15 is 0 Å². The highest BCUT2D eigenvalue weighted by Crippen LogP contribution is 2.46. The third-order valence-corrected chi connectivity index (χ3v) is 5.01. The van der Waals surface area contributed by atoms with Crippen molar-refractivity contribution in [2.75, 3.05) is 13.3 Å². The van der Waals surface area contributed by atoms with Crippen molar-refractivity contribution in [3.05, 3.63) is 0 Å². The lowest BCUT2D eigenvalue weighted by atomic mass is 9.96. The summed E-state index contributed by atoms with van der Waals surface area (Å²) in [6.45, 7) is 0. The van der Waals surface area contributed by atoms with Gasteiger partial charge >= 0.3 is 0 Å². The Hall–Kier alpha value is -0.0900. The number of nitrogens with zero attached hydrogens (tertiary/aromatic N) is 1. The van der Waals surface area contributed by atoms with Gasteiger partial charge in [-0.05, 0) is 31.1 Å². The second-order valence-corrected chi connectivity index (χ2v) is 6.56. The van der Waals surface area contributed by atoms with Crippen LogP contribution in [0.1, 0.15) is 25.7 Å². The molecule has 3 nitrogen and oxygen atoms in total. The fourth-order valence-electron chi connectivity index (χ4n) is 2.90. The molecule has 2 fully saturated rings. The standard InChI is InChI=1S/C9H17NO2S/c1-10(13(2,11)12)9-6-7-3-4-8(9)5-7/h7-9H,3-6H2,1-2H3. The summed E-state index contributed by atoms with van der Waals surface area (Å²) >= 11 is 0. The van der Waals surface area contributed by atoms with Gasteiger partial charge in [0.15, 0.2) is 0 Å². The largest absolute Gasteiger partial charge is 0.213 e. The van der Waals surface area contributed by atoms with E-state index in [4.69, 9.17) is 0 Å². The highest BCUT2D eigenvalue weighted by atomic mass is 32.2. The zero-order valence-electron chi connectivity index (χ0n) is 8.23. The first kappa shape index (κ1) is 9.46. The van der Waals surface area contributed by atoms with Crippen LogP contribution in [0.4, 0.5) is 0 Å². The van der Waals surface area contributed by atoms with Crippen LogP contribution in [-0.2, 0) is 10.0 Å². The van der Waals surface area contributed by atoms with Crippen LogP contribution >= 0.6 is 0 Å². The van der Waals surface area contributed by atoms with Crippen molar-refractivity contribution in [1.82, 2.24) is 4.31 Å². The Morgan fingerprint density at radius 1 is 1.23 bits per heavy atom. The molecule has 3 unspecified atom stereocenters. The molecule has 0 aromatic rings. The van der Waals surface area contributed by atoms with E-state index in [0.29, 0.717) is 12.0 Å². The van der Waals surface area contributed by atoms with E-state index in [2.05, 4.69) is 0 Å². The number of hydrogen-bond acceptors (Lipinski definition) is 2. The predicted molar refractivity (Wildman–Crippen MR) is 51.8 cm³/mol. The summed E-state index contributed by atoms with van der Waals surface area (Å²) in [6, 6.07) is 0.300. The highest BCUT2D eigenvalue weighted by Gasteiger charge is 2.43. The van der Waals surface area contributed by atoms with Gasteiger partial charge in [-0.2, -0.15) is 0 Å². The van der Waals surface area contributed by atoms with Crippen LogP contribution in [0.25, 0.3) is 0 Å². The minimum Gasteiger partial charge on any atom is -0.213 e. The Kier molecular flexibility index (Phi) is 2.15. The van der Waals surface area contributed by atoms with E-state index in [1.165, 1.54) is 25.5 Å². The molecule has 2 bridgehead atoms. The topological polar surface area (TPSA) is 37.4 Å². The van der Waals surface area contributed by atoms with Gasteiger partial charge in [0.2, 0.25) is 10.0 Å². The van der Waals surface area contributed by atoms with E-state index in [1.807, 2.05) is 0 Å². The zero-order chi connectivity index (χ0) is 9.64. The number of hydrogen-bond donors (Lipinski definition) is 0. The molecule has 76 valence electrons. The van der Waals surface area contributed by atoms with Crippen molar-refractivity contribution in [2.45, 2.75) is 31.7 Å². The maximum absolute atomic E-state index is 11.3. The lowest BCUT2D eigenvalue weighted by Gasteiger charge is -2.29. The molecule has 2 saturated carbocycles. The molecule has 0 amide bonds. The quantitative estimate of drug-likeness (QED) is 0.673. The second kappa shape index (κ2) is 2.95. The Morgan fingerprint density at radius 2 is 1.92 bits per heavy atom. The molecule has 0 aromatic heterocycles. The van der Waals surface area contributed by atoms with Crippen molar-refractivity contribution in [3.8, 4) is 0 Å². The molecule has 3 atom stereocenters. The first-order chi connectivity index (χ1) is 5.98. The molecule has 0 N–H and O–H groups in total. The summed E-state index contributed by atoms with van der Waals surface area (Å²) in [5.41, 5.74) is 0. The molecule has 13 heavy (non-hydrogen) atoms. The van der Waals surface area contributed by atoms with Crippen molar-refractivity contribution < 1.29 is 8.42 Å². The van der Waals surface area contributed by atoms with Gasteiger partial charge < -0.3 is 0 Å². The lowest BCUT2D eigenvalue weighted by Crippen LogP contribution is -2.39. The molecule has 2 aliphatic carbocycles. The third-order valence-electron chi connectivity index (χ3n) is 3.69. The minimum atomic E-state index is -2.98. The molecule has 0 spiro atoms. The molecule has 0 aromatic carbocycles. The van der Waals surface area contributed by atoms with Crippen LogP contribution in [0.15, 0.2) is 0 Å². The lowest BCUT2D eigenvalue weighted by molar-refractivity contribution is 0.268. The fraction of sp³-hybridized carbons (Fsp3) is 1.00. The number of rotatable bonds is 2. The molecule has 2 aliphatic rings. The molecular formula is C9H17NO2S. The number of sulfonamides is 1. The summed E-state index contributed by atoms with van der Waals surface area (Å²) in [5, 5.41) is 0. The summed E-state index contributed by atoms with van der Waals surface area (Å²) < 4.78 is 24.2. The monoisotopic (exact) mass is 203 g/mol. The van der Waals surface area contributed by atoms with Gasteiger partial charge in [0, 0.05) is 13.1 Å². The molecule has 0 aliphatic heterocycles. The van der Waals surface area contributed by atoms with E-state index in [9.17, 15) is 8.42 Å². The normalized spacial score (nSPS) is 38.8. The Morgan fingerprint density at radius 3 is 2.31 bits per heavy atom. The van der Waals surface area contributed by atoms with Crippen molar-refractivity contribution in [3.63, 3.8) is 0 Å². The maximum atomic E-state index is 11.3. The van der Waals surface area contributed by atoms with Gasteiger partial charge in [-0.25, -0.2) is 12.7 Å². The van der Waals surface area contributed by atoms with Crippen LogP contribution in [0.3, 0.4) is 0 Å². The van der Waals surface area contributed by atoms with Crippen molar-refractivity contribution >= 4 is 10.0 Å². The van der Waals surface area contributed by atoms with Crippen LogP contribution in [-0.4, -0.2) is 32.1 Å². The van der Waals surface area contributed by atoms with Crippen molar-refractivity contribution in [2.24, 2.45) is 11.8 Å². The average Bonchev–Trinajstić information content (AvgIpc) is 2.60. The molecule has 0 heterocycles. The van der Waals surface area contributed by atoms with Crippen LogP contribution in [0.2, 0.25) is 0 Å². The predicted octanol–water partition coefficient (Wildman–Crippen LogP) is 1.07. The Bertz CT molecular complexity index is 299. The second-order valence-electron chi connectivity index (χ2n) is 4.52. The van der Waals surface area contributed by atoms with Gasteiger partial charge in [0.05, 0.1) is 6.26 Å². The molecule has 0 radical (unpaired) electrons. The van der Waals surface area contributed by atoms with E-state index in [0.717, 1.165) is 12.3 Å². The minimum absolute atomic E-state index is 0.300. The summed E-state index contributed by atoms with van der Waals surface area (Å²) in [4.78, 5) is 0. The van der Waals surface area contributed by atoms with E-state index in [-0.39, 0.29) is 0 Å². The maximum Gasteiger partial charge on any atom is 0.211 e. The summed E-state index contributed by atoms with van der Waals surface area (Å²) in [5.74, 6) is 1.45. The Balaban J connectivity index is 2.11. The summed E-state index contributed by atoms with van der Waals surface area (Å²) in [7, 11) is -1.25. The molecule has 2 rings (SSSR count). The van der Waals surface area contributed by atoms with Crippen molar-refractivity contribution in [1.29, 1.82) is 0 Å². The smallest absolute Gasteiger partial charge is 0.211 e. The van der Waals surface area contributed by atoms with Gasteiger partial charge in [0.25, 0.3) is 0 Å². The Labute approximate surface area is 80.2 Å². The fourth-order valence-corrected chi connectivity index (χ4v) is 3.65. The third kappa shape index (κ3) is 1.62. The van der Waals surface area contributed by atoms with Crippen LogP contribution < -0.4 is 0 Å². The first-order valence-electron chi connectivity index (χ1n) is 4.91. The highest BCUT2D eigenvalue weighted by molar-refractivity contribution is 7.88. The first-order valence-corrected chi connectivity index (χ1v) is 6.76. The SMILES string of the molecule is CN(C1CC2CCC1C2)S(C)(=O)=O. The summed E-state index contributed by atoms with van der Waals surface area (Å²) in [6.07, 6.45) is 6.20. The van der Waals surface area contributed by atoms with Crippen LogP contribution in [0, 0.1) is 11.8 Å². The zero-order valence-corrected chi connectivity index (χ0v) is 9.05. The molecular weight excluding hydrogens is 186 g/mol. The van der Waals surface area contributed by atoms with Crippen LogP contribution in [0.5, 0.6) is 0 Å². The molecule has 0 saturated heterocycles. The van der Waals surface area contributed by atoms with Gasteiger partial charge in [-0.3, -0.25) is 0 Å². The van der Waals surface area contributed by atoms with E-state index < -0.39 is 10.0 Å². The van der Waals surface area contributed by atoms with Gasteiger partial charge in [-0.1, -0.05) is 6.42 Å². The number of fused-ring (bicyclic) bond motifs is 2.